The van der Waals surface area contributed by atoms with Crippen LogP contribution in [-0.4, -0.2) is 137 Å². The first-order chi connectivity index (χ1) is 15.0. The number of ether oxygens (including phenoxy) is 7. The van der Waals surface area contributed by atoms with Gasteiger partial charge in [0, 0.05) is 26.7 Å². The quantitative estimate of drug-likeness (QED) is 0.160. The van der Waals surface area contributed by atoms with Gasteiger partial charge in [0.25, 0.3) is 0 Å². The zero-order valence-corrected chi connectivity index (χ0v) is 19.3. The van der Waals surface area contributed by atoms with Gasteiger partial charge >= 0.3 is 5.97 Å². The van der Waals surface area contributed by atoms with E-state index in [4.69, 9.17) is 33.2 Å². The minimum absolute atomic E-state index is 0.138. The predicted octanol–water partition coefficient (Wildman–Crippen LogP) is -1.01. The van der Waals surface area contributed by atoms with E-state index in [9.17, 15) is 13.2 Å². The molecule has 0 spiro atoms. The maximum Gasteiger partial charge on any atom is 0.332 e. The molecule has 1 saturated heterocycles. The highest BCUT2D eigenvalue weighted by Gasteiger charge is 2.21. The average molecular weight is 472 g/mol. The molecule has 184 valence electrons. The third-order valence-electron chi connectivity index (χ3n) is 4.25. The number of methoxy groups -OCH3 is 1. The summed E-state index contributed by atoms with van der Waals surface area (Å²) >= 11 is 0. The third kappa shape index (κ3) is 17.4. The summed E-state index contributed by atoms with van der Waals surface area (Å²) in [7, 11) is -1.26. The molecule has 0 unspecified atom stereocenters. The van der Waals surface area contributed by atoms with E-state index in [1.54, 1.807) is 7.11 Å². The highest BCUT2D eigenvalue weighted by Crippen LogP contribution is 2.03. The second-order valence-electron chi connectivity index (χ2n) is 6.71. The summed E-state index contributed by atoms with van der Waals surface area (Å²) < 4.78 is 59.2. The van der Waals surface area contributed by atoms with Gasteiger partial charge in [-0.15, -0.1) is 0 Å². The highest BCUT2D eigenvalue weighted by molar-refractivity contribution is 7.91. The molecule has 0 aromatic heterocycles. The summed E-state index contributed by atoms with van der Waals surface area (Å²) in [5.41, 5.74) is 0. The summed E-state index contributed by atoms with van der Waals surface area (Å²) in [5.74, 6) is -0.126. The van der Waals surface area contributed by atoms with Crippen molar-refractivity contribution in [2.75, 3.05) is 118 Å². The Morgan fingerprint density at radius 3 is 1.65 bits per heavy atom. The van der Waals surface area contributed by atoms with E-state index in [2.05, 4.69) is 0 Å². The molecule has 1 heterocycles. The van der Waals surface area contributed by atoms with Crippen molar-refractivity contribution >= 4 is 15.8 Å². The smallest absolute Gasteiger partial charge is 0.332 e. The average Bonchev–Trinajstić information content (AvgIpc) is 2.74. The minimum atomic E-state index is -2.89. The van der Waals surface area contributed by atoms with Crippen molar-refractivity contribution in [1.82, 2.24) is 4.90 Å². The Bertz CT molecular complexity index is 532. The molecule has 1 fully saturated rings. The third-order valence-corrected chi connectivity index (χ3v) is 5.86. The maximum atomic E-state index is 11.6. The van der Waals surface area contributed by atoms with E-state index in [-0.39, 0.29) is 31.3 Å². The molecule has 1 aliphatic rings. The number of rotatable bonds is 20. The molecule has 0 aromatic carbocycles. The number of nitrogens with zero attached hydrogens (tertiary/aromatic N) is 1. The van der Waals surface area contributed by atoms with E-state index in [0.29, 0.717) is 79.1 Å². The molecule has 0 radical (unpaired) electrons. The first-order valence-electron chi connectivity index (χ1n) is 10.5. The van der Waals surface area contributed by atoms with Crippen molar-refractivity contribution in [3.05, 3.63) is 0 Å². The van der Waals surface area contributed by atoms with Gasteiger partial charge in [0.2, 0.25) is 0 Å². The van der Waals surface area contributed by atoms with Gasteiger partial charge in [-0.05, 0) is 0 Å². The molecule has 0 N–H and O–H groups in total. The molecular weight excluding hydrogens is 434 g/mol. The molecule has 1 rings (SSSR count). The van der Waals surface area contributed by atoms with Crippen molar-refractivity contribution in [3.63, 3.8) is 0 Å². The number of hydrogen-bond donors (Lipinski definition) is 0. The van der Waals surface area contributed by atoms with Crippen LogP contribution in [0, 0.1) is 0 Å². The van der Waals surface area contributed by atoms with Gasteiger partial charge in [-0.25, -0.2) is 13.2 Å². The van der Waals surface area contributed by atoms with Crippen LogP contribution in [0.1, 0.15) is 0 Å². The fourth-order valence-corrected chi connectivity index (χ4v) is 3.76. The second-order valence-corrected chi connectivity index (χ2v) is 9.01. The van der Waals surface area contributed by atoms with Crippen LogP contribution in [0.15, 0.2) is 0 Å². The highest BCUT2D eigenvalue weighted by atomic mass is 32.2. The molecule has 0 saturated carbocycles. The summed E-state index contributed by atoms with van der Waals surface area (Å²) in [6.45, 7) is 6.26. The molecule has 1 aliphatic heterocycles. The van der Waals surface area contributed by atoms with Gasteiger partial charge < -0.3 is 33.2 Å². The lowest BCUT2D eigenvalue weighted by atomic mass is 10.5. The van der Waals surface area contributed by atoms with Crippen LogP contribution >= 0.6 is 0 Å². The summed E-state index contributed by atoms with van der Waals surface area (Å²) in [5, 5.41) is 0. The number of carbonyl (C=O) groups excluding carboxylic acids is 1. The zero-order chi connectivity index (χ0) is 22.6. The molecule has 0 bridgehead atoms. The Labute approximate surface area is 185 Å². The first kappa shape index (κ1) is 28.2. The maximum absolute atomic E-state index is 11.6. The lowest BCUT2D eigenvalue weighted by molar-refractivity contribution is -0.149. The van der Waals surface area contributed by atoms with Crippen molar-refractivity contribution in [2.45, 2.75) is 0 Å². The van der Waals surface area contributed by atoms with Crippen LogP contribution in [0.2, 0.25) is 0 Å². The topological polar surface area (TPSA) is 119 Å². The summed E-state index contributed by atoms with van der Waals surface area (Å²) in [6.07, 6.45) is 0. The molecule has 31 heavy (non-hydrogen) atoms. The monoisotopic (exact) mass is 471 g/mol. The van der Waals surface area contributed by atoms with Crippen LogP contribution in [-0.2, 0) is 47.8 Å². The van der Waals surface area contributed by atoms with E-state index in [0.717, 1.165) is 0 Å². The molecular formula is C19H37NO10S. The SMILES string of the molecule is COCCOCCOCCOCCOCCOCC(=O)OCCN1CCS(=O)(=O)CC1. The predicted molar refractivity (Wildman–Crippen MR) is 112 cm³/mol. The standard InChI is InChI=1S/C19H37NO10S/c1-24-6-7-25-8-9-26-10-11-27-12-13-28-14-15-29-18-19(21)30-5-2-20-3-16-31(22,23)17-4-20/h2-18H2,1H3. The Kier molecular flexibility index (Phi) is 17.0. The lowest BCUT2D eigenvalue weighted by Gasteiger charge is -2.25. The van der Waals surface area contributed by atoms with Gasteiger partial charge in [0.1, 0.15) is 13.2 Å². The summed E-state index contributed by atoms with van der Waals surface area (Å²) in [4.78, 5) is 13.6. The van der Waals surface area contributed by atoms with E-state index in [1.807, 2.05) is 4.90 Å². The Balaban J connectivity index is 1.76. The van der Waals surface area contributed by atoms with Gasteiger partial charge in [0.15, 0.2) is 9.84 Å². The number of esters is 1. The summed E-state index contributed by atoms with van der Waals surface area (Å²) in [6, 6.07) is 0. The molecule has 0 aliphatic carbocycles. The van der Waals surface area contributed by atoms with Gasteiger partial charge in [-0.3, -0.25) is 4.90 Å². The van der Waals surface area contributed by atoms with E-state index < -0.39 is 15.8 Å². The van der Waals surface area contributed by atoms with Crippen LogP contribution in [0.4, 0.5) is 0 Å². The van der Waals surface area contributed by atoms with Crippen LogP contribution in [0.3, 0.4) is 0 Å². The molecule has 11 nitrogen and oxygen atoms in total. The van der Waals surface area contributed by atoms with Gasteiger partial charge in [0.05, 0.1) is 77.6 Å². The molecule has 12 heteroatoms. The Hall–Kier alpha value is -0.860. The van der Waals surface area contributed by atoms with Crippen molar-refractivity contribution < 1.29 is 46.4 Å². The molecule has 0 amide bonds. The fraction of sp³-hybridized carbons (Fsp3) is 0.947. The van der Waals surface area contributed by atoms with Gasteiger partial charge in [-0.2, -0.15) is 0 Å². The number of hydrogen-bond acceptors (Lipinski definition) is 11. The Morgan fingerprint density at radius 2 is 1.16 bits per heavy atom. The zero-order valence-electron chi connectivity index (χ0n) is 18.5. The van der Waals surface area contributed by atoms with Crippen molar-refractivity contribution in [3.8, 4) is 0 Å². The molecule has 0 atom stereocenters. The first-order valence-corrected chi connectivity index (χ1v) is 12.3. The second kappa shape index (κ2) is 18.7. The van der Waals surface area contributed by atoms with Crippen molar-refractivity contribution in [1.29, 1.82) is 0 Å². The van der Waals surface area contributed by atoms with Gasteiger partial charge in [-0.1, -0.05) is 0 Å². The van der Waals surface area contributed by atoms with E-state index in [1.165, 1.54) is 0 Å². The number of carbonyl (C=O) groups is 1. The largest absolute Gasteiger partial charge is 0.463 e. The fourth-order valence-electron chi connectivity index (χ4n) is 2.48. The van der Waals surface area contributed by atoms with Crippen molar-refractivity contribution in [2.24, 2.45) is 0 Å². The van der Waals surface area contributed by atoms with Crippen LogP contribution in [0.5, 0.6) is 0 Å². The minimum Gasteiger partial charge on any atom is -0.463 e. The normalized spacial score (nSPS) is 16.4. The lowest BCUT2D eigenvalue weighted by Crippen LogP contribution is -2.42. The Morgan fingerprint density at radius 1 is 0.710 bits per heavy atom. The molecule has 0 aromatic rings. The number of sulfone groups is 1. The van der Waals surface area contributed by atoms with Crippen LogP contribution < -0.4 is 0 Å². The van der Waals surface area contributed by atoms with Crippen LogP contribution in [0.25, 0.3) is 0 Å². The van der Waals surface area contributed by atoms with E-state index >= 15 is 0 Å².